The first-order valence-corrected chi connectivity index (χ1v) is 5.81. The van der Waals surface area contributed by atoms with Crippen molar-refractivity contribution in [1.29, 1.82) is 0 Å². The van der Waals surface area contributed by atoms with Gasteiger partial charge in [-0.25, -0.2) is 4.79 Å². The molecule has 2 N–H and O–H groups in total. The molecule has 20 heavy (non-hydrogen) atoms. The topological polar surface area (TPSA) is 96.2 Å². The molecule has 6 heteroatoms. The van der Waals surface area contributed by atoms with Crippen LogP contribution >= 0.6 is 0 Å². The number of aliphatic imine (C=N–C) groups is 1. The Balaban J connectivity index is 2.62. The van der Waals surface area contributed by atoms with Crippen molar-refractivity contribution >= 4 is 24.2 Å². The number of nitrogens with zero attached hydrogens (tertiary/aromatic N) is 1. The molecule has 0 radical (unpaired) electrons. The fraction of sp³-hybridized carbons (Fsp3) is 0.214. The van der Waals surface area contributed by atoms with Gasteiger partial charge in [-0.05, 0) is 23.8 Å². The summed E-state index contributed by atoms with van der Waals surface area (Å²) in [6, 6.07) is 5.97. The zero-order valence-corrected chi connectivity index (χ0v) is 10.9. The summed E-state index contributed by atoms with van der Waals surface area (Å²) >= 11 is 0. The van der Waals surface area contributed by atoms with Crippen molar-refractivity contribution in [3.8, 4) is 5.75 Å². The van der Waals surface area contributed by atoms with Crippen molar-refractivity contribution < 1.29 is 24.5 Å². The van der Waals surface area contributed by atoms with Gasteiger partial charge in [-0.1, -0.05) is 18.2 Å². The van der Waals surface area contributed by atoms with Gasteiger partial charge in [-0.15, -0.1) is 0 Å². The monoisotopic (exact) mass is 277 g/mol. The normalized spacial score (nSPS) is 12.7. The Morgan fingerprint density at radius 3 is 2.45 bits per heavy atom. The minimum absolute atomic E-state index is 0.539. The van der Waals surface area contributed by atoms with Crippen LogP contribution in [-0.2, 0) is 9.59 Å². The number of hydrogen-bond donors (Lipinski definition) is 2. The Labute approximate surface area is 116 Å². The zero-order valence-electron chi connectivity index (χ0n) is 10.9. The molecule has 0 bridgehead atoms. The van der Waals surface area contributed by atoms with Gasteiger partial charge in [-0.2, -0.15) is 0 Å². The highest BCUT2D eigenvalue weighted by atomic mass is 16.5. The third-order valence-corrected chi connectivity index (χ3v) is 2.41. The van der Waals surface area contributed by atoms with Crippen LogP contribution in [0.25, 0.3) is 6.08 Å². The lowest BCUT2D eigenvalue weighted by molar-refractivity contribution is -0.144. The maximum atomic E-state index is 10.8. The van der Waals surface area contributed by atoms with E-state index in [2.05, 4.69) is 4.99 Å². The van der Waals surface area contributed by atoms with Crippen LogP contribution in [0.15, 0.2) is 35.3 Å². The molecule has 1 aromatic carbocycles. The van der Waals surface area contributed by atoms with Crippen molar-refractivity contribution in [2.45, 2.75) is 12.5 Å². The smallest absolute Gasteiger partial charge is 0.329 e. The molecule has 1 rings (SSSR count). The van der Waals surface area contributed by atoms with Crippen LogP contribution in [0.2, 0.25) is 0 Å². The van der Waals surface area contributed by atoms with Gasteiger partial charge < -0.3 is 14.9 Å². The van der Waals surface area contributed by atoms with Gasteiger partial charge in [0.25, 0.3) is 0 Å². The summed E-state index contributed by atoms with van der Waals surface area (Å²) in [5, 5.41) is 17.3. The summed E-state index contributed by atoms with van der Waals surface area (Å²) < 4.78 is 5.02. The second-order valence-electron chi connectivity index (χ2n) is 3.88. The average molecular weight is 277 g/mol. The fourth-order valence-corrected chi connectivity index (χ4v) is 1.39. The molecular formula is C14H15NO5. The van der Waals surface area contributed by atoms with Gasteiger partial charge in [0, 0.05) is 6.21 Å². The van der Waals surface area contributed by atoms with Gasteiger partial charge in [-0.3, -0.25) is 9.79 Å². The standard InChI is InChI=1S/C14H15NO5/c1-20-11-6-4-10(5-7-11)3-2-8-15-12(14(18)19)9-13(16)17/h2-8,12H,9H2,1H3,(H,16,17)(H,18,19)/b3-2+,15-8?/t12-/m0/s1. The van der Waals surface area contributed by atoms with Gasteiger partial charge >= 0.3 is 11.9 Å². The minimum atomic E-state index is -1.27. The van der Waals surface area contributed by atoms with Gasteiger partial charge in [0.1, 0.15) is 5.75 Å². The lowest BCUT2D eigenvalue weighted by Gasteiger charge is -2.02. The van der Waals surface area contributed by atoms with E-state index >= 15 is 0 Å². The predicted molar refractivity (Wildman–Crippen MR) is 74.2 cm³/mol. The molecule has 0 fully saturated rings. The molecule has 0 saturated heterocycles. The number of aliphatic carboxylic acids is 2. The Kier molecular flexibility index (Phi) is 5.96. The van der Waals surface area contributed by atoms with Crippen molar-refractivity contribution in [3.05, 3.63) is 35.9 Å². The fourth-order valence-electron chi connectivity index (χ4n) is 1.39. The second-order valence-corrected chi connectivity index (χ2v) is 3.88. The summed E-state index contributed by atoms with van der Waals surface area (Å²) in [7, 11) is 1.58. The molecule has 0 aliphatic heterocycles. The molecular weight excluding hydrogens is 262 g/mol. The van der Waals surface area contributed by atoms with Crippen molar-refractivity contribution in [2.75, 3.05) is 7.11 Å². The molecule has 1 aromatic rings. The van der Waals surface area contributed by atoms with Crippen LogP contribution < -0.4 is 4.74 Å². The zero-order chi connectivity index (χ0) is 15.0. The van der Waals surface area contributed by atoms with E-state index in [1.165, 1.54) is 6.21 Å². The highest BCUT2D eigenvalue weighted by molar-refractivity contribution is 5.85. The van der Waals surface area contributed by atoms with Crippen LogP contribution in [0.1, 0.15) is 12.0 Å². The van der Waals surface area contributed by atoms with Crippen LogP contribution in [0, 0.1) is 0 Å². The maximum Gasteiger partial charge on any atom is 0.329 e. The first-order chi connectivity index (χ1) is 9.52. The quantitative estimate of drug-likeness (QED) is 0.739. The number of allylic oxidation sites excluding steroid dienone is 1. The van der Waals surface area contributed by atoms with Crippen molar-refractivity contribution in [2.24, 2.45) is 4.99 Å². The number of benzene rings is 1. The summed E-state index contributed by atoms with van der Waals surface area (Å²) in [4.78, 5) is 24.9. The lowest BCUT2D eigenvalue weighted by atomic mass is 10.2. The number of hydrogen-bond acceptors (Lipinski definition) is 4. The largest absolute Gasteiger partial charge is 0.497 e. The van der Waals surface area contributed by atoms with E-state index in [4.69, 9.17) is 14.9 Å². The van der Waals surface area contributed by atoms with E-state index in [-0.39, 0.29) is 0 Å². The summed E-state index contributed by atoms with van der Waals surface area (Å²) in [5.41, 5.74) is 0.891. The molecule has 0 heterocycles. The lowest BCUT2D eigenvalue weighted by Crippen LogP contribution is -2.21. The highest BCUT2D eigenvalue weighted by Gasteiger charge is 2.18. The van der Waals surface area contributed by atoms with Crippen molar-refractivity contribution in [1.82, 2.24) is 0 Å². The van der Waals surface area contributed by atoms with E-state index in [9.17, 15) is 9.59 Å². The van der Waals surface area contributed by atoms with Crippen LogP contribution in [0.3, 0.4) is 0 Å². The van der Waals surface area contributed by atoms with Gasteiger partial charge in [0.05, 0.1) is 13.5 Å². The molecule has 0 unspecified atom stereocenters. The van der Waals surface area contributed by atoms with E-state index in [0.717, 1.165) is 11.3 Å². The summed E-state index contributed by atoms with van der Waals surface area (Å²) in [6.45, 7) is 0. The Morgan fingerprint density at radius 1 is 1.30 bits per heavy atom. The number of carboxylic acid groups (broad SMARTS) is 2. The number of carboxylic acids is 2. The first-order valence-electron chi connectivity index (χ1n) is 5.81. The predicted octanol–water partition coefficient (Wildman–Crippen LogP) is 1.71. The van der Waals surface area contributed by atoms with E-state index in [1.54, 1.807) is 31.4 Å². The minimum Gasteiger partial charge on any atom is -0.497 e. The molecule has 6 nitrogen and oxygen atoms in total. The molecule has 0 amide bonds. The third-order valence-electron chi connectivity index (χ3n) is 2.41. The van der Waals surface area contributed by atoms with E-state index < -0.39 is 24.4 Å². The number of carbonyl (C=O) groups is 2. The SMILES string of the molecule is COc1ccc(/C=C/C=N[C@@H](CC(=O)O)C(=O)O)cc1. The van der Waals surface area contributed by atoms with Gasteiger partial charge in [0.15, 0.2) is 6.04 Å². The molecule has 0 aliphatic carbocycles. The van der Waals surface area contributed by atoms with E-state index in [0.29, 0.717) is 0 Å². The maximum absolute atomic E-state index is 10.8. The molecule has 106 valence electrons. The molecule has 0 spiro atoms. The van der Waals surface area contributed by atoms with E-state index in [1.807, 2.05) is 12.1 Å². The molecule has 0 aromatic heterocycles. The molecule has 0 saturated carbocycles. The summed E-state index contributed by atoms with van der Waals surface area (Å²) in [6.07, 6.45) is 4.02. The van der Waals surface area contributed by atoms with Crippen LogP contribution in [-0.4, -0.2) is 41.5 Å². The Hall–Kier alpha value is -2.63. The average Bonchev–Trinajstić information content (AvgIpc) is 2.42. The third kappa shape index (κ3) is 5.34. The van der Waals surface area contributed by atoms with Gasteiger partial charge in [0.2, 0.25) is 0 Å². The van der Waals surface area contributed by atoms with Crippen LogP contribution in [0.4, 0.5) is 0 Å². The highest BCUT2D eigenvalue weighted by Crippen LogP contribution is 2.12. The van der Waals surface area contributed by atoms with Crippen molar-refractivity contribution in [3.63, 3.8) is 0 Å². The molecule has 1 atom stereocenters. The number of ether oxygens (including phenoxy) is 1. The Morgan fingerprint density at radius 2 is 1.95 bits per heavy atom. The Bertz CT molecular complexity index is 519. The second kappa shape index (κ2) is 7.73. The number of methoxy groups -OCH3 is 1. The summed E-state index contributed by atoms with van der Waals surface area (Å²) in [5.74, 6) is -1.72. The number of rotatable bonds is 7. The molecule has 0 aliphatic rings. The van der Waals surface area contributed by atoms with Crippen LogP contribution in [0.5, 0.6) is 5.75 Å². The first kappa shape index (κ1) is 15.4.